The van der Waals surface area contributed by atoms with Gasteiger partial charge in [0.2, 0.25) is 0 Å². The fourth-order valence-corrected chi connectivity index (χ4v) is 3.54. The number of nitrogens with one attached hydrogen (secondary N) is 1. The van der Waals surface area contributed by atoms with Crippen molar-refractivity contribution in [3.8, 4) is 0 Å². The summed E-state index contributed by atoms with van der Waals surface area (Å²) in [7, 11) is 0. The van der Waals surface area contributed by atoms with E-state index in [1.54, 1.807) is 11.3 Å². The number of fused-ring (bicyclic) bond motifs is 1. The third kappa shape index (κ3) is 3.08. The highest BCUT2D eigenvalue weighted by Crippen LogP contribution is 2.20. The first kappa shape index (κ1) is 13.9. The van der Waals surface area contributed by atoms with E-state index in [1.807, 2.05) is 11.8 Å². The summed E-state index contributed by atoms with van der Waals surface area (Å²) in [5.41, 5.74) is 2.44. The second kappa shape index (κ2) is 6.08. The molecule has 0 saturated heterocycles. The quantitative estimate of drug-likeness (QED) is 0.882. The van der Waals surface area contributed by atoms with Crippen LogP contribution in [0.15, 0.2) is 6.20 Å². The molecule has 2 heterocycles. The van der Waals surface area contributed by atoms with Gasteiger partial charge in [0, 0.05) is 29.4 Å². The lowest BCUT2D eigenvalue weighted by molar-refractivity contribution is 0.584. The molecule has 0 radical (unpaired) electrons. The van der Waals surface area contributed by atoms with Crippen LogP contribution in [0, 0.1) is 13.8 Å². The Labute approximate surface area is 117 Å². The van der Waals surface area contributed by atoms with Crippen LogP contribution in [0.3, 0.4) is 0 Å². The van der Waals surface area contributed by atoms with Gasteiger partial charge in [-0.15, -0.1) is 11.3 Å². The van der Waals surface area contributed by atoms with Crippen molar-refractivity contribution in [2.24, 2.45) is 0 Å². The van der Waals surface area contributed by atoms with Crippen LogP contribution in [0.25, 0.3) is 4.96 Å². The zero-order chi connectivity index (χ0) is 13.1. The molecule has 0 aromatic carbocycles. The van der Waals surface area contributed by atoms with Crippen LogP contribution in [0.5, 0.6) is 0 Å². The second-order valence-electron chi connectivity index (χ2n) is 4.58. The normalized spacial score (nSPS) is 13.3. The van der Waals surface area contributed by atoms with Gasteiger partial charge in [0.25, 0.3) is 0 Å². The number of thioether (sulfide) groups is 1. The van der Waals surface area contributed by atoms with Crippen molar-refractivity contribution in [1.29, 1.82) is 0 Å². The summed E-state index contributed by atoms with van der Waals surface area (Å²) in [5, 5.41) is 3.59. The van der Waals surface area contributed by atoms with Gasteiger partial charge in [-0.05, 0) is 26.5 Å². The molecule has 0 amide bonds. The third-order valence-electron chi connectivity index (χ3n) is 2.93. The van der Waals surface area contributed by atoms with E-state index in [0.717, 1.165) is 17.2 Å². The zero-order valence-corrected chi connectivity index (χ0v) is 13.1. The molecule has 1 atom stereocenters. The van der Waals surface area contributed by atoms with Crippen LogP contribution >= 0.6 is 23.1 Å². The Morgan fingerprint density at radius 2 is 2.28 bits per heavy atom. The average Bonchev–Trinajstić information content (AvgIpc) is 2.79. The number of hydrogen-bond donors (Lipinski definition) is 1. The van der Waals surface area contributed by atoms with Gasteiger partial charge < -0.3 is 5.32 Å². The van der Waals surface area contributed by atoms with Gasteiger partial charge in [0.15, 0.2) is 4.96 Å². The molecule has 18 heavy (non-hydrogen) atoms. The molecular weight excluding hydrogens is 262 g/mol. The van der Waals surface area contributed by atoms with Crippen LogP contribution < -0.4 is 5.32 Å². The lowest BCUT2D eigenvalue weighted by Crippen LogP contribution is -2.28. The minimum Gasteiger partial charge on any atom is -0.308 e. The highest BCUT2D eigenvalue weighted by atomic mass is 32.2. The van der Waals surface area contributed by atoms with Crippen LogP contribution in [0.2, 0.25) is 0 Å². The molecule has 0 fully saturated rings. The third-order valence-corrected chi connectivity index (χ3v) is 4.97. The van der Waals surface area contributed by atoms with E-state index in [9.17, 15) is 0 Å². The first-order valence-electron chi connectivity index (χ1n) is 6.37. The topological polar surface area (TPSA) is 29.3 Å². The maximum Gasteiger partial charge on any atom is 0.194 e. The van der Waals surface area contributed by atoms with Crippen LogP contribution in [0.4, 0.5) is 0 Å². The van der Waals surface area contributed by atoms with Crippen molar-refractivity contribution in [3.63, 3.8) is 0 Å². The van der Waals surface area contributed by atoms with Crippen molar-refractivity contribution in [1.82, 2.24) is 14.7 Å². The summed E-state index contributed by atoms with van der Waals surface area (Å²) in [4.78, 5) is 7.03. The van der Waals surface area contributed by atoms with E-state index >= 15 is 0 Å². The maximum absolute atomic E-state index is 4.61. The molecule has 1 unspecified atom stereocenters. The predicted octanol–water partition coefficient (Wildman–Crippen LogP) is 3.24. The van der Waals surface area contributed by atoms with Gasteiger partial charge in [-0.1, -0.05) is 6.92 Å². The molecule has 0 bridgehead atoms. The standard InChI is InChI=1S/C13H21N3S2/c1-5-17-8-9(2)14-6-12-11(4)15-13-16(12)7-10(3)18-13/h7,9,14H,5-6,8H2,1-4H3. The second-order valence-corrected chi connectivity index (χ2v) is 7.11. The summed E-state index contributed by atoms with van der Waals surface area (Å²) in [5.74, 6) is 2.35. The predicted molar refractivity (Wildman–Crippen MR) is 81.8 cm³/mol. The smallest absolute Gasteiger partial charge is 0.194 e. The molecule has 5 heteroatoms. The van der Waals surface area contributed by atoms with Gasteiger partial charge in [-0.2, -0.15) is 11.8 Å². The Bertz CT molecular complexity index is 516. The largest absolute Gasteiger partial charge is 0.308 e. The van der Waals surface area contributed by atoms with Crippen molar-refractivity contribution in [2.45, 2.75) is 40.3 Å². The Morgan fingerprint density at radius 1 is 1.50 bits per heavy atom. The minimum absolute atomic E-state index is 0.541. The first-order valence-corrected chi connectivity index (χ1v) is 8.34. The summed E-state index contributed by atoms with van der Waals surface area (Å²) in [6.45, 7) is 9.57. The van der Waals surface area contributed by atoms with E-state index in [-0.39, 0.29) is 0 Å². The molecule has 100 valence electrons. The fraction of sp³-hybridized carbons (Fsp3) is 0.615. The molecule has 0 aliphatic carbocycles. The Hall–Kier alpha value is -0.520. The summed E-state index contributed by atoms with van der Waals surface area (Å²) < 4.78 is 2.22. The van der Waals surface area contributed by atoms with Crippen LogP contribution in [-0.2, 0) is 6.54 Å². The monoisotopic (exact) mass is 283 g/mol. The zero-order valence-electron chi connectivity index (χ0n) is 11.5. The lowest BCUT2D eigenvalue weighted by Gasteiger charge is -2.12. The number of thiazole rings is 1. The van der Waals surface area contributed by atoms with Crippen LogP contribution in [0.1, 0.15) is 30.1 Å². The molecule has 0 aliphatic heterocycles. The Kier molecular flexibility index (Phi) is 4.70. The fourth-order valence-electron chi connectivity index (χ4n) is 1.95. The van der Waals surface area contributed by atoms with E-state index < -0.39 is 0 Å². The summed E-state index contributed by atoms with van der Waals surface area (Å²) >= 11 is 3.74. The molecule has 2 aromatic rings. The maximum atomic E-state index is 4.61. The molecule has 0 saturated carbocycles. The molecule has 0 spiro atoms. The average molecular weight is 283 g/mol. The molecule has 3 nitrogen and oxygen atoms in total. The van der Waals surface area contributed by atoms with Crippen molar-refractivity contribution < 1.29 is 0 Å². The highest BCUT2D eigenvalue weighted by molar-refractivity contribution is 7.99. The summed E-state index contributed by atoms with van der Waals surface area (Å²) in [6.07, 6.45) is 2.18. The number of aryl methyl sites for hydroxylation is 2. The SMILES string of the molecule is CCSCC(C)NCc1c(C)nc2sc(C)cn12. The molecular formula is C13H21N3S2. The van der Waals surface area contributed by atoms with E-state index in [4.69, 9.17) is 0 Å². The summed E-state index contributed by atoms with van der Waals surface area (Å²) in [6, 6.07) is 0.541. The number of hydrogen-bond acceptors (Lipinski definition) is 4. The van der Waals surface area contributed by atoms with Crippen molar-refractivity contribution >= 4 is 28.1 Å². The first-order chi connectivity index (χ1) is 8.61. The molecule has 2 rings (SSSR count). The van der Waals surface area contributed by atoms with Gasteiger partial charge in [0.05, 0.1) is 11.4 Å². The van der Waals surface area contributed by atoms with E-state index in [0.29, 0.717) is 6.04 Å². The Morgan fingerprint density at radius 3 is 3.00 bits per heavy atom. The van der Waals surface area contributed by atoms with E-state index in [1.165, 1.54) is 22.1 Å². The lowest BCUT2D eigenvalue weighted by atomic mass is 10.3. The van der Waals surface area contributed by atoms with Crippen molar-refractivity contribution in [2.75, 3.05) is 11.5 Å². The van der Waals surface area contributed by atoms with E-state index in [2.05, 4.69) is 48.6 Å². The van der Waals surface area contributed by atoms with Gasteiger partial charge in [0.1, 0.15) is 0 Å². The number of aromatic nitrogens is 2. The number of imidazole rings is 1. The number of rotatable bonds is 6. The highest BCUT2D eigenvalue weighted by Gasteiger charge is 2.11. The number of nitrogens with zero attached hydrogens (tertiary/aromatic N) is 2. The molecule has 0 aliphatic rings. The van der Waals surface area contributed by atoms with Gasteiger partial charge in [-0.3, -0.25) is 4.40 Å². The Balaban J connectivity index is 2.04. The van der Waals surface area contributed by atoms with Crippen molar-refractivity contribution in [3.05, 3.63) is 22.5 Å². The molecule has 2 aromatic heterocycles. The van der Waals surface area contributed by atoms with Crippen LogP contribution in [-0.4, -0.2) is 26.9 Å². The molecule has 1 N–H and O–H groups in total. The van der Waals surface area contributed by atoms with Gasteiger partial charge in [-0.25, -0.2) is 4.98 Å². The minimum atomic E-state index is 0.541. The van der Waals surface area contributed by atoms with Gasteiger partial charge >= 0.3 is 0 Å².